The highest BCUT2D eigenvalue weighted by molar-refractivity contribution is 9.10. The number of rotatable bonds is 14. The standard InChI is InChI=1S/C21H26BrN3O.C17H19ClN4OS/c1-6-25(5)13-24-20-11-14(2)18(10-16(20)4)21(26)12-23-19-8-7-17(22)9-15(19)3;1-4-22(3)11-20-15-9-19-17(21-12(15)2)16(23)10-24-14-7-5-6-13(18)8-14/h7-11,13,23H,6,12H2,1-5H3;5-9,11H,4,10H2,1-3H3. The van der Waals surface area contributed by atoms with Crippen molar-refractivity contribution in [1.29, 1.82) is 0 Å². The number of anilines is 1. The first-order valence-corrected chi connectivity index (χ1v) is 18.3. The second kappa shape index (κ2) is 20.0. The number of halogens is 2. The Kier molecular flexibility index (Phi) is 16.1. The van der Waals surface area contributed by atoms with Gasteiger partial charge in [-0.2, -0.15) is 0 Å². The third kappa shape index (κ3) is 12.7. The molecule has 0 aliphatic carbocycles. The predicted molar refractivity (Wildman–Crippen MR) is 214 cm³/mol. The van der Waals surface area contributed by atoms with Crippen molar-refractivity contribution in [2.45, 2.75) is 46.4 Å². The molecule has 3 aromatic carbocycles. The summed E-state index contributed by atoms with van der Waals surface area (Å²) >= 11 is 10.8. The molecule has 0 radical (unpaired) electrons. The van der Waals surface area contributed by atoms with Crippen molar-refractivity contribution in [2.24, 2.45) is 9.98 Å². The zero-order valence-electron chi connectivity index (χ0n) is 29.9. The molecule has 4 rings (SSSR count). The molecule has 9 nitrogen and oxygen atoms in total. The number of aliphatic imine (C=N–C) groups is 2. The second-order valence-corrected chi connectivity index (χ2v) is 14.1. The topological polar surface area (TPSA) is 103 Å². The van der Waals surface area contributed by atoms with E-state index in [1.165, 1.54) is 11.8 Å². The van der Waals surface area contributed by atoms with E-state index in [1.54, 1.807) is 18.6 Å². The van der Waals surface area contributed by atoms with E-state index in [-0.39, 0.29) is 29.7 Å². The summed E-state index contributed by atoms with van der Waals surface area (Å²) in [5, 5.41) is 3.89. The van der Waals surface area contributed by atoms with Crippen molar-refractivity contribution in [3.63, 3.8) is 0 Å². The Bertz CT molecular complexity index is 1850. The fraction of sp³-hybridized carbons (Fsp3) is 0.316. The van der Waals surface area contributed by atoms with E-state index in [1.807, 2.05) is 113 Å². The highest BCUT2D eigenvalue weighted by atomic mass is 79.9. The quantitative estimate of drug-likeness (QED) is 0.0585. The number of aryl methyl sites for hydroxylation is 4. The molecular weight excluding hydrogens is 734 g/mol. The van der Waals surface area contributed by atoms with Gasteiger partial charge in [0.15, 0.2) is 11.6 Å². The summed E-state index contributed by atoms with van der Waals surface area (Å²) in [5.74, 6) is 0.435. The van der Waals surface area contributed by atoms with Crippen LogP contribution in [0.2, 0.25) is 5.02 Å². The van der Waals surface area contributed by atoms with Gasteiger partial charge in [0.05, 0.1) is 42.6 Å². The largest absolute Gasteiger partial charge is 0.377 e. The van der Waals surface area contributed by atoms with Crippen LogP contribution < -0.4 is 5.32 Å². The average molecular weight is 779 g/mol. The first-order chi connectivity index (χ1) is 23.8. The van der Waals surface area contributed by atoms with E-state index in [0.29, 0.717) is 16.4 Å². The number of aromatic nitrogens is 2. The highest BCUT2D eigenvalue weighted by Crippen LogP contribution is 2.25. The molecule has 0 spiro atoms. The van der Waals surface area contributed by atoms with E-state index >= 15 is 0 Å². The number of benzene rings is 3. The number of nitrogens with one attached hydrogen (secondary N) is 1. The SMILES string of the molecule is CCN(C)C=Nc1cc(C)c(C(=O)CNc2ccc(Br)cc2C)cc1C.CCN(C)C=Nc1cnc(C(=O)CSc2cccc(Cl)c2)nc1C. The predicted octanol–water partition coefficient (Wildman–Crippen LogP) is 9.31. The molecule has 0 aliphatic heterocycles. The molecule has 0 unspecified atom stereocenters. The molecule has 12 heteroatoms. The van der Waals surface area contributed by atoms with Crippen molar-refractivity contribution < 1.29 is 9.59 Å². The fourth-order valence-electron chi connectivity index (χ4n) is 4.31. The summed E-state index contributed by atoms with van der Waals surface area (Å²) in [6.45, 7) is 13.9. The van der Waals surface area contributed by atoms with Crippen LogP contribution in [-0.2, 0) is 0 Å². The van der Waals surface area contributed by atoms with Crippen LogP contribution >= 0.6 is 39.3 Å². The van der Waals surface area contributed by atoms with E-state index in [2.05, 4.69) is 48.1 Å². The lowest BCUT2D eigenvalue weighted by Gasteiger charge is -2.13. The molecule has 0 saturated carbocycles. The minimum atomic E-state index is -0.121. The van der Waals surface area contributed by atoms with E-state index in [4.69, 9.17) is 11.6 Å². The first kappa shape index (κ1) is 40.4. The molecule has 264 valence electrons. The van der Waals surface area contributed by atoms with Gasteiger partial charge in [0.25, 0.3) is 0 Å². The van der Waals surface area contributed by atoms with Crippen LogP contribution in [0.1, 0.15) is 57.2 Å². The molecule has 4 aromatic rings. The summed E-state index contributed by atoms with van der Waals surface area (Å²) in [7, 11) is 3.92. The van der Waals surface area contributed by atoms with Crippen LogP contribution in [-0.4, -0.2) is 83.5 Å². The minimum Gasteiger partial charge on any atom is -0.377 e. The third-order valence-corrected chi connectivity index (χ3v) is 9.35. The van der Waals surface area contributed by atoms with Crippen LogP contribution in [0.25, 0.3) is 0 Å². The lowest BCUT2D eigenvalue weighted by atomic mass is 10.00. The molecule has 1 N–H and O–H groups in total. The number of hydrogen-bond donors (Lipinski definition) is 1. The van der Waals surface area contributed by atoms with Gasteiger partial charge in [0, 0.05) is 52.8 Å². The van der Waals surface area contributed by atoms with Gasteiger partial charge in [0.1, 0.15) is 5.69 Å². The average Bonchev–Trinajstić information content (AvgIpc) is 3.09. The summed E-state index contributed by atoms with van der Waals surface area (Å²) in [6.07, 6.45) is 5.13. The molecule has 0 atom stereocenters. The maximum absolute atomic E-state index is 12.7. The maximum atomic E-state index is 12.7. The number of ketones is 2. The van der Waals surface area contributed by atoms with Gasteiger partial charge in [-0.1, -0.05) is 33.6 Å². The summed E-state index contributed by atoms with van der Waals surface area (Å²) in [5.41, 5.74) is 7.00. The van der Waals surface area contributed by atoms with Gasteiger partial charge >= 0.3 is 0 Å². The van der Waals surface area contributed by atoms with Crippen molar-refractivity contribution in [3.8, 4) is 0 Å². The van der Waals surface area contributed by atoms with Crippen molar-refractivity contribution in [3.05, 3.63) is 104 Å². The third-order valence-electron chi connectivity index (χ3n) is 7.63. The Balaban J connectivity index is 0.000000271. The van der Waals surface area contributed by atoms with Gasteiger partial charge in [-0.05, 0) is 107 Å². The fourth-order valence-corrected chi connectivity index (χ4v) is 5.86. The van der Waals surface area contributed by atoms with Crippen LogP contribution in [0.5, 0.6) is 0 Å². The monoisotopic (exact) mass is 777 g/mol. The second-order valence-electron chi connectivity index (χ2n) is 11.7. The molecule has 1 heterocycles. The molecule has 0 saturated heterocycles. The van der Waals surface area contributed by atoms with Crippen molar-refractivity contribution in [2.75, 3.05) is 44.8 Å². The number of carbonyl (C=O) groups excluding carboxylic acids is 2. The molecule has 0 amide bonds. The zero-order chi connectivity index (χ0) is 36.8. The van der Waals surface area contributed by atoms with Crippen molar-refractivity contribution >= 4 is 80.6 Å². The number of carbonyl (C=O) groups is 2. The molecule has 50 heavy (non-hydrogen) atoms. The lowest BCUT2D eigenvalue weighted by Crippen LogP contribution is -2.16. The number of nitrogens with zero attached hydrogens (tertiary/aromatic N) is 6. The Morgan fingerprint density at radius 1 is 0.880 bits per heavy atom. The Labute approximate surface area is 313 Å². The Morgan fingerprint density at radius 2 is 1.56 bits per heavy atom. The Morgan fingerprint density at radius 3 is 2.18 bits per heavy atom. The molecule has 0 fully saturated rings. The van der Waals surface area contributed by atoms with Gasteiger partial charge in [-0.15, -0.1) is 11.8 Å². The van der Waals surface area contributed by atoms with Gasteiger partial charge in [0.2, 0.25) is 5.78 Å². The number of thioether (sulfide) groups is 1. The van der Waals surface area contributed by atoms with Gasteiger partial charge in [-0.3, -0.25) is 9.59 Å². The van der Waals surface area contributed by atoms with Crippen LogP contribution in [0, 0.1) is 27.7 Å². The summed E-state index contributed by atoms with van der Waals surface area (Å²) in [4.78, 5) is 47.1. The minimum absolute atomic E-state index is 0.0779. The molecule has 0 bridgehead atoms. The number of hydrogen-bond acceptors (Lipinski definition) is 8. The van der Waals surface area contributed by atoms with Crippen LogP contribution in [0.3, 0.4) is 0 Å². The summed E-state index contributed by atoms with van der Waals surface area (Å²) in [6, 6.07) is 17.3. The maximum Gasteiger partial charge on any atom is 0.210 e. The van der Waals surface area contributed by atoms with Gasteiger partial charge in [-0.25, -0.2) is 20.0 Å². The van der Waals surface area contributed by atoms with Crippen molar-refractivity contribution in [1.82, 2.24) is 19.8 Å². The lowest BCUT2D eigenvalue weighted by molar-refractivity contribution is 0.0998. The normalized spacial score (nSPS) is 11.0. The molecule has 0 aliphatic rings. The van der Waals surface area contributed by atoms with Gasteiger partial charge < -0.3 is 15.1 Å². The van der Waals surface area contributed by atoms with Crippen LogP contribution in [0.4, 0.5) is 17.1 Å². The number of Topliss-reactive ketones (excluding diaryl/α,β-unsaturated/α-hetero) is 2. The zero-order valence-corrected chi connectivity index (χ0v) is 33.1. The Hall–Kier alpha value is -4.06. The molecular formula is C38H45BrClN7O2S. The van der Waals surface area contributed by atoms with E-state index in [9.17, 15) is 9.59 Å². The summed E-state index contributed by atoms with van der Waals surface area (Å²) < 4.78 is 1.03. The highest BCUT2D eigenvalue weighted by Gasteiger charge is 2.14. The van der Waals surface area contributed by atoms with Crippen LogP contribution in [0.15, 0.2) is 80.1 Å². The molecule has 1 aromatic heterocycles. The smallest absolute Gasteiger partial charge is 0.210 e. The first-order valence-electron chi connectivity index (χ1n) is 16.2. The van der Waals surface area contributed by atoms with E-state index < -0.39 is 0 Å². The van der Waals surface area contributed by atoms with E-state index in [0.717, 1.165) is 56.1 Å².